The highest BCUT2D eigenvalue weighted by atomic mass is 16.1. The van der Waals surface area contributed by atoms with E-state index in [1.807, 2.05) is 6.08 Å². The molecule has 0 heterocycles. The Kier molecular flexibility index (Phi) is 2.46. The quantitative estimate of drug-likeness (QED) is 0.663. The van der Waals surface area contributed by atoms with Gasteiger partial charge in [0, 0.05) is 12.3 Å². The molecule has 2 atom stereocenters. The smallest absolute Gasteiger partial charge is 0.159 e. The number of hydrogen-bond donors (Lipinski definition) is 1. The monoisotopic (exact) mass is 241 g/mol. The van der Waals surface area contributed by atoms with Crippen LogP contribution in [0.5, 0.6) is 0 Å². The summed E-state index contributed by atoms with van der Waals surface area (Å²) >= 11 is 0. The molecule has 0 saturated carbocycles. The third-order valence-corrected chi connectivity index (χ3v) is 4.42. The SMILES string of the molecule is CC=C1C2C=C(C)CC1(N)C1=C(CC(=O)C=C1)C2. The van der Waals surface area contributed by atoms with E-state index < -0.39 is 0 Å². The molecule has 3 aliphatic carbocycles. The zero-order valence-electron chi connectivity index (χ0n) is 11.0. The molecule has 0 aliphatic heterocycles. The van der Waals surface area contributed by atoms with Gasteiger partial charge in [-0.15, -0.1) is 0 Å². The van der Waals surface area contributed by atoms with Crippen LogP contribution in [0.15, 0.2) is 46.6 Å². The van der Waals surface area contributed by atoms with E-state index in [9.17, 15) is 4.79 Å². The Balaban J connectivity index is 2.17. The first kappa shape index (κ1) is 11.7. The Bertz CT molecular complexity index is 547. The largest absolute Gasteiger partial charge is 0.318 e. The molecule has 3 aliphatic rings. The van der Waals surface area contributed by atoms with E-state index in [4.69, 9.17) is 5.73 Å². The third-order valence-electron chi connectivity index (χ3n) is 4.42. The number of fused-ring (bicyclic) bond motifs is 3. The number of carbonyl (C=O) groups is 1. The second kappa shape index (κ2) is 3.79. The van der Waals surface area contributed by atoms with Gasteiger partial charge in [-0.05, 0) is 43.9 Å². The van der Waals surface area contributed by atoms with Crippen LogP contribution in [0.3, 0.4) is 0 Å². The van der Waals surface area contributed by atoms with E-state index in [-0.39, 0.29) is 11.3 Å². The molecular weight excluding hydrogens is 222 g/mol. The van der Waals surface area contributed by atoms with Gasteiger partial charge in [0.1, 0.15) is 0 Å². The molecule has 0 amide bonds. The summed E-state index contributed by atoms with van der Waals surface area (Å²) in [5.41, 5.74) is 11.5. The summed E-state index contributed by atoms with van der Waals surface area (Å²) < 4.78 is 0. The number of ketones is 1. The van der Waals surface area contributed by atoms with Crippen LogP contribution < -0.4 is 5.73 Å². The number of allylic oxidation sites excluding steroid dienone is 4. The van der Waals surface area contributed by atoms with Gasteiger partial charge >= 0.3 is 0 Å². The number of rotatable bonds is 0. The number of nitrogens with two attached hydrogens (primary N) is 1. The second-order valence-electron chi connectivity index (χ2n) is 5.71. The summed E-state index contributed by atoms with van der Waals surface area (Å²) in [4.78, 5) is 11.6. The Hall–Kier alpha value is -1.41. The summed E-state index contributed by atoms with van der Waals surface area (Å²) in [7, 11) is 0. The van der Waals surface area contributed by atoms with Gasteiger partial charge < -0.3 is 5.73 Å². The highest BCUT2D eigenvalue weighted by molar-refractivity contribution is 5.94. The molecule has 0 aromatic rings. The standard InChI is InChI=1S/C16H19NO/c1-3-14-11-6-10(2)9-16(14,17)15-5-4-13(18)8-12(15)7-11/h3-6,11H,7-9,17H2,1-2H3. The van der Waals surface area contributed by atoms with Gasteiger partial charge in [-0.2, -0.15) is 0 Å². The predicted molar refractivity (Wildman–Crippen MR) is 72.9 cm³/mol. The maximum atomic E-state index is 11.6. The number of carbonyl (C=O) groups excluding carboxylic acids is 1. The fraction of sp³-hybridized carbons (Fsp3) is 0.438. The van der Waals surface area contributed by atoms with Crippen molar-refractivity contribution >= 4 is 5.78 Å². The average Bonchev–Trinajstić information content (AvgIpc) is 2.26. The van der Waals surface area contributed by atoms with Gasteiger partial charge in [-0.3, -0.25) is 4.79 Å². The Morgan fingerprint density at radius 3 is 2.94 bits per heavy atom. The molecule has 2 unspecified atom stereocenters. The first-order chi connectivity index (χ1) is 8.54. The molecule has 0 aromatic carbocycles. The van der Waals surface area contributed by atoms with Gasteiger partial charge in [0.15, 0.2) is 5.78 Å². The van der Waals surface area contributed by atoms with Crippen molar-refractivity contribution in [2.45, 2.75) is 38.6 Å². The molecule has 2 nitrogen and oxygen atoms in total. The summed E-state index contributed by atoms with van der Waals surface area (Å²) in [6.45, 7) is 4.23. The highest BCUT2D eigenvalue weighted by Crippen LogP contribution is 2.49. The lowest BCUT2D eigenvalue weighted by molar-refractivity contribution is -0.114. The van der Waals surface area contributed by atoms with E-state index in [1.165, 1.54) is 22.3 Å². The van der Waals surface area contributed by atoms with Crippen molar-refractivity contribution in [3.63, 3.8) is 0 Å². The molecule has 94 valence electrons. The predicted octanol–water partition coefficient (Wildman–Crippen LogP) is 2.83. The topological polar surface area (TPSA) is 43.1 Å². The Morgan fingerprint density at radius 2 is 2.22 bits per heavy atom. The Morgan fingerprint density at radius 1 is 1.44 bits per heavy atom. The van der Waals surface area contributed by atoms with Gasteiger partial charge in [-0.25, -0.2) is 0 Å². The fourth-order valence-electron chi connectivity index (χ4n) is 3.83. The highest BCUT2D eigenvalue weighted by Gasteiger charge is 2.44. The maximum Gasteiger partial charge on any atom is 0.159 e. The normalized spacial score (nSPS) is 36.8. The lowest BCUT2D eigenvalue weighted by Crippen LogP contribution is -2.51. The van der Waals surface area contributed by atoms with E-state index in [1.54, 1.807) is 6.08 Å². The molecule has 2 bridgehead atoms. The van der Waals surface area contributed by atoms with Crippen molar-refractivity contribution in [1.82, 2.24) is 0 Å². The van der Waals surface area contributed by atoms with Crippen molar-refractivity contribution < 1.29 is 4.79 Å². The van der Waals surface area contributed by atoms with Gasteiger partial charge in [0.05, 0.1) is 5.54 Å². The van der Waals surface area contributed by atoms with Gasteiger partial charge in [-0.1, -0.05) is 29.4 Å². The van der Waals surface area contributed by atoms with Gasteiger partial charge in [0.25, 0.3) is 0 Å². The van der Waals surface area contributed by atoms with E-state index in [2.05, 4.69) is 26.0 Å². The van der Waals surface area contributed by atoms with Crippen molar-refractivity contribution in [3.05, 3.63) is 46.6 Å². The third kappa shape index (κ3) is 1.49. The van der Waals surface area contributed by atoms with Crippen molar-refractivity contribution in [2.24, 2.45) is 11.7 Å². The summed E-state index contributed by atoms with van der Waals surface area (Å²) in [5.74, 6) is 0.604. The molecule has 2 N–H and O–H groups in total. The molecular formula is C16H19NO. The lowest BCUT2D eigenvalue weighted by Gasteiger charge is -2.47. The lowest BCUT2D eigenvalue weighted by atomic mass is 9.61. The molecule has 0 spiro atoms. The van der Waals surface area contributed by atoms with Crippen LogP contribution >= 0.6 is 0 Å². The minimum atomic E-state index is -0.372. The molecule has 0 fully saturated rings. The van der Waals surface area contributed by atoms with Crippen LogP contribution in [-0.2, 0) is 4.79 Å². The Labute approximate surface area is 108 Å². The van der Waals surface area contributed by atoms with Crippen LogP contribution in [0, 0.1) is 5.92 Å². The first-order valence-electron chi connectivity index (χ1n) is 6.61. The zero-order chi connectivity index (χ0) is 12.9. The van der Waals surface area contributed by atoms with Crippen molar-refractivity contribution in [3.8, 4) is 0 Å². The van der Waals surface area contributed by atoms with Crippen LogP contribution in [-0.4, -0.2) is 11.3 Å². The average molecular weight is 241 g/mol. The molecule has 2 heteroatoms. The summed E-state index contributed by atoms with van der Waals surface area (Å²) in [6.07, 6.45) is 10.5. The molecule has 18 heavy (non-hydrogen) atoms. The van der Waals surface area contributed by atoms with Crippen LogP contribution in [0.2, 0.25) is 0 Å². The van der Waals surface area contributed by atoms with Crippen LogP contribution in [0.1, 0.15) is 33.1 Å². The summed E-state index contributed by atoms with van der Waals surface area (Å²) in [5, 5.41) is 0. The van der Waals surface area contributed by atoms with Gasteiger partial charge in [0.2, 0.25) is 0 Å². The van der Waals surface area contributed by atoms with Crippen molar-refractivity contribution in [1.29, 1.82) is 0 Å². The minimum Gasteiger partial charge on any atom is -0.318 e. The molecule has 0 saturated heterocycles. The molecule has 3 rings (SSSR count). The summed E-state index contributed by atoms with van der Waals surface area (Å²) in [6, 6.07) is 0. The number of hydrogen-bond acceptors (Lipinski definition) is 2. The molecule has 0 aromatic heterocycles. The van der Waals surface area contributed by atoms with E-state index in [0.717, 1.165) is 12.8 Å². The molecule has 0 radical (unpaired) electrons. The first-order valence-corrected chi connectivity index (χ1v) is 6.61. The zero-order valence-corrected chi connectivity index (χ0v) is 11.0. The fourth-order valence-corrected chi connectivity index (χ4v) is 3.83. The van der Waals surface area contributed by atoms with E-state index in [0.29, 0.717) is 12.3 Å². The second-order valence-corrected chi connectivity index (χ2v) is 5.71. The van der Waals surface area contributed by atoms with Crippen LogP contribution in [0.4, 0.5) is 0 Å². The maximum absolute atomic E-state index is 11.6. The minimum absolute atomic E-state index is 0.208. The van der Waals surface area contributed by atoms with E-state index >= 15 is 0 Å². The van der Waals surface area contributed by atoms with Crippen molar-refractivity contribution in [2.75, 3.05) is 0 Å². The van der Waals surface area contributed by atoms with Crippen LogP contribution in [0.25, 0.3) is 0 Å².